The van der Waals surface area contributed by atoms with Crippen LogP contribution < -0.4 is 5.32 Å². The third-order valence-electron chi connectivity index (χ3n) is 2.91. The second-order valence-corrected chi connectivity index (χ2v) is 4.79. The molecule has 1 aromatic rings. The first kappa shape index (κ1) is 16.6. The van der Waals surface area contributed by atoms with Crippen LogP contribution in [-0.2, 0) is 9.59 Å². The molecule has 2 amide bonds. The number of rotatable bonds is 3. The Balaban J connectivity index is 0.000000677. The van der Waals surface area contributed by atoms with Gasteiger partial charge in [0.2, 0.25) is 12.3 Å². The highest BCUT2D eigenvalue weighted by atomic mass is 16.2. The number of hydrogen-bond acceptors (Lipinski definition) is 4. The maximum atomic E-state index is 11.9. The molecule has 1 unspecified atom stereocenters. The van der Waals surface area contributed by atoms with Gasteiger partial charge in [0.05, 0.1) is 12.0 Å². The summed E-state index contributed by atoms with van der Waals surface area (Å²) in [4.78, 5) is 28.0. The van der Waals surface area contributed by atoms with Crippen molar-refractivity contribution in [3.8, 4) is 6.07 Å². The number of nitriles is 1. The largest absolute Gasteiger partial charge is 0.328 e. The van der Waals surface area contributed by atoms with Crippen molar-refractivity contribution in [2.24, 2.45) is 5.92 Å². The molecule has 2 rings (SSSR count). The van der Waals surface area contributed by atoms with Gasteiger partial charge >= 0.3 is 0 Å². The van der Waals surface area contributed by atoms with E-state index in [4.69, 9.17) is 5.26 Å². The smallest absolute Gasteiger partial charge is 0.230 e. The minimum Gasteiger partial charge on any atom is -0.328 e. The van der Waals surface area contributed by atoms with Gasteiger partial charge in [0.25, 0.3) is 0 Å². The first-order valence-electron chi connectivity index (χ1n) is 6.98. The molecule has 1 N–H and O–H groups in total. The molecule has 2 atom stereocenters. The zero-order valence-corrected chi connectivity index (χ0v) is 12.3. The fraction of sp³-hybridized carbons (Fsp3) is 0.467. The number of anilines is 1. The Morgan fingerprint density at radius 3 is 2.76 bits per heavy atom. The first-order chi connectivity index (χ1) is 10.2. The van der Waals surface area contributed by atoms with E-state index >= 15 is 0 Å². The number of nitrogens with one attached hydrogen (secondary N) is 1. The maximum absolute atomic E-state index is 11.9. The van der Waals surface area contributed by atoms with Gasteiger partial charge in [0.15, 0.2) is 0 Å². The second kappa shape index (κ2) is 8.69. The number of aromatic nitrogens is 1. The number of carbonyl (C=O) groups excluding carboxylic acids is 2. The van der Waals surface area contributed by atoms with Crippen LogP contribution in [0, 0.1) is 17.2 Å². The van der Waals surface area contributed by atoms with Gasteiger partial charge in [0.1, 0.15) is 11.9 Å². The monoisotopic (exact) mass is 288 g/mol. The van der Waals surface area contributed by atoms with Crippen molar-refractivity contribution >= 4 is 18.1 Å². The second-order valence-electron chi connectivity index (χ2n) is 4.79. The normalized spacial score (nSPS) is 20.0. The van der Waals surface area contributed by atoms with Crippen molar-refractivity contribution in [3.63, 3.8) is 0 Å². The lowest BCUT2D eigenvalue weighted by Gasteiger charge is -2.11. The summed E-state index contributed by atoms with van der Waals surface area (Å²) in [5.41, 5.74) is 0. The Kier molecular flexibility index (Phi) is 6.88. The molecule has 6 heteroatoms. The zero-order valence-electron chi connectivity index (χ0n) is 12.3. The number of nitrogens with zero attached hydrogens (tertiary/aromatic N) is 3. The van der Waals surface area contributed by atoms with E-state index in [0.717, 1.165) is 0 Å². The van der Waals surface area contributed by atoms with Gasteiger partial charge in [-0.2, -0.15) is 5.26 Å². The van der Waals surface area contributed by atoms with E-state index in [1.165, 1.54) is 11.3 Å². The summed E-state index contributed by atoms with van der Waals surface area (Å²) in [6.07, 6.45) is 3.82. The number of carbonyl (C=O) groups is 2. The summed E-state index contributed by atoms with van der Waals surface area (Å²) >= 11 is 0. The zero-order chi connectivity index (χ0) is 15.7. The van der Waals surface area contributed by atoms with E-state index in [1.807, 2.05) is 6.07 Å². The molecular formula is C15H20N4O2. The molecule has 6 nitrogen and oxygen atoms in total. The van der Waals surface area contributed by atoms with Crippen molar-refractivity contribution in [3.05, 3.63) is 24.4 Å². The van der Waals surface area contributed by atoms with Gasteiger partial charge in [0, 0.05) is 12.7 Å². The van der Waals surface area contributed by atoms with Crippen LogP contribution in [0.5, 0.6) is 0 Å². The van der Waals surface area contributed by atoms with E-state index in [0.29, 0.717) is 18.6 Å². The van der Waals surface area contributed by atoms with Crippen LogP contribution in [0.1, 0.15) is 26.7 Å². The highest BCUT2D eigenvalue weighted by Crippen LogP contribution is 2.22. The fourth-order valence-electron chi connectivity index (χ4n) is 1.96. The molecule has 0 bridgehead atoms. The number of hydrogen-bond donors (Lipinski definition) is 1. The minimum atomic E-state index is -0.512. The average molecular weight is 288 g/mol. The number of likely N-dealkylation sites (tertiary alicyclic amines) is 1. The predicted molar refractivity (Wildman–Crippen MR) is 79.1 cm³/mol. The summed E-state index contributed by atoms with van der Waals surface area (Å²) in [7, 11) is 0. The lowest BCUT2D eigenvalue weighted by molar-refractivity contribution is -0.120. The summed E-state index contributed by atoms with van der Waals surface area (Å²) in [6, 6.07) is 6.71. The molecule has 21 heavy (non-hydrogen) atoms. The molecule has 1 aromatic heterocycles. The molecule has 1 aliphatic rings. The highest BCUT2D eigenvalue weighted by Gasteiger charge is 2.35. The van der Waals surface area contributed by atoms with Crippen LogP contribution in [-0.4, -0.2) is 34.8 Å². The third-order valence-corrected chi connectivity index (χ3v) is 2.91. The van der Waals surface area contributed by atoms with Crippen LogP contribution in [0.2, 0.25) is 0 Å². The Bertz CT molecular complexity index is 498. The molecule has 0 spiro atoms. The van der Waals surface area contributed by atoms with Gasteiger partial charge in [-0.3, -0.25) is 9.59 Å². The van der Waals surface area contributed by atoms with Crippen LogP contribution in [0.25, 0.3) is 0 Å². The van der Waals surface area contributed by atoms with E-state index < -0.39 is 6.04 Å². The molecular weight excluding hydrogens is 268 g/mol. The Morgan fingerprint density at radius 2 is 2.29 bits per heavy atom. The van der Waals surface area contributed by atoms with Crippen molar-refractivity contribution in [1.29, 1.82) is 5.26 Å². The van der Waals surface area contributed by atoms with Crippen molar-refractivity contribution in [1.82, 2.24) is 9.88 Å². The number of pyridine rings is 1. The van der Waals surface area contributed by atoms with Crippen LogP contribution >= 0.6 is 0 Å². The Labute approximate surface area is 124 Å². The molecule has 0 aromatic carbocycles. The predicted octanol–water partition coefficient (Wildman–Crippen LogP) is 1.81. The molecule has 1 fully saturated rings. The van der Waals surface area contributed by atoms with Crippen LogP contribution in [0.15, 0.2) is 24.4 Å². The van der Waals surface area contributed by atoms with Crippen molar-refractivity contribution in [2.75, 3.05) is 11.9 Å². The van der Waals surface area contributed by atoms with Gasteiger partial charge in [-0.15, -0.1) is 0 Å². The minimum absolute atomic E-state index is 0.210. The highest BCUT2D eigenvalue weighted by molar-refractivity contribution is 5.92. The number of amides is 2. The lowest BCUT2D eigenvalue weighted by atomic mass is 10.1. The molecule has 112 valence electrons. The molecule has 2 heterocycles. The van der Waals surface area contributed by atoms with E-state index in [1.54, 1.807) is 24.4 Å². The standard InChI is InChI=1S/C12H12N4O2.C3H8/c13-6-10-5-9(7-16(10)8-17)12(18)15-11-3-1-2-4-14-11;1-3-2/h1-4,8-10H,5,7H2,(H,14,15,18);3H2,1-2H3/t9?,10-;/m0./s1. The Morgan fingerprint density at radius 1 is 1.57 bits per heavy atom. The van der Waals surface area contributed by atoms with Gasteiger partial charge in [-0.1, -0.05) is 26.3 Å². The third kappa shape index (κ3) is 4.88. The van der Waals surface area contributed by atoms with Crippen molar-refractivity contribution in [2.45, 2.75) is 32.7 Å². The van der Waals surface area contributed by atoms with E-state index in [-0.39, 0.29) is 18.4 Å². The summed E-state index contributed by atoms with van der Waals surface area (Å²) in [5, 5.41) is 11.5. The first-order valence-corrected chi connectivity index (χ1v) is 6.98. The average Bonchev–Trinajstić information content (AvgIpc) is 2.92. The quantitative estimate of drug-likeness (QED) is 0.859. The molecule has 1 saturated heterocycles. The summed E-state index contributed by atoms with van der Waals surface area (Å²) < 4.78 is 0. The lowest BCUT2D eigenvalue weighted by Crippen LogP contribution is -2.28. The van der Waals surface area contributed by atoms with Gasteiger partial charge < -0.3 is 10.2 Å². The van der Waals surface area contributed by atoms with Gasteiger partial charge in [-0.25, -0.2) is 4.98 Å². The summed E-state index contributed by atoms with van der Waals surface area (Å²) in [6.45, 7) is 4.53. The maximum Gasteiger partial charge on any atom is 0.230 e. The molecule has 0 radical (unpaired) electrons. The van der Waals surface area contributed by atoms with Crippen LogP contribution in [0.3, 0.4) is 0 Å². The van der Waals surface area contributed by atoms with Gasteiger partial charge in [-0.05, 0) is 18.6 Å². The molecule has 0 aliphatic carbocycles. The van der Waals surface area contributed by atoms with E-state index in [9.17, 15) is 9.59 Å². The topological polar surface area (TPSA) is 86.1 Å². The molecule has 0 saturated carbocycles. The van der Waals surface area contributed by atoms with Crippen molar-refractivity contribution < 1.29 is 9.59 Å². The van der Waals surface area contributed by atoms with E-state index in [2.05, 4.69) is 24.1 Å². The Hall–Kier alpha value is -2.42. The summed E-state index contributed by atoms with van der Waals surface area (Å²) in [5.74, 6) is -0.0966. The fourth-order valence-corrected chi connectivity index (χ4v) is 1.96. The SMILES string of the molecule is CCC.N#C[C@@H]1CC(C(=O)Nc2ccccn2)CN1C=O. The van der Waals surface area contributed by atoms with Crippen LogP contribution in [0.4, 0.5) is 5.82 Å². The molecule has 1 aliphatic heterocycles.